The molecule has 0 aliphatic heterocycles. The van der Waals surface area contributed by atoms with Crippen molar-refractivity contribution in [3.63, 3.8) is 0 Å². The van der Waals surface area contributed by atoms with Crippen LogP contribution in [0.5, 0.6) is 0 Å². The van der Waals surface area contributed by atoms with E-state index in [1.807, 2.05) is 10.6 Å². The lowest BCUT2D eigenvalue weighted by atomic mass is 10.3. The minimum atomic E-state index is 0.509. The fourth-order valence-electron chi connectivity index (χ4n) is 1.61. The van der Waals surface area contributed by atoms with Gasteiger partial charge in [-0.3, -0.25) is 9.67 Å². The number of aromatic nitrogens is 3. The molecule has 0 fully saturated rings. The number of aromatic amines is 1. The van der Waals surface area contributed by atoms with Gasteiger partial charge in [-0.2, -0.15) is 5.10 Å². The Labute approximate surface area is 114 Å². The molecule has 0 aliphatic rings. The summed E-state index contributed by atoms with van der Waals surface area (Å²) in [5, 5.41) is 8.04. The van der Waals surface area contributed by atoms with Gasteiger partial charge < -0.3 is 0 Å². The van der Waals surface area contributed by atoms with Crippen LogP contribution in [0.4, 0.5) is 0 Å². The highest BCUT2D eigenvalue weighted by Gasteiger charge is 2.08. The number of rotatable bonds is 3. The Kier molecular flexibility index (Phi) is 3.86. The van der Waals surface area contributed by atoms with Crippen LogP contribution in [0.15, 0.2) is 18.2 Å². The molecule has 0 atom stereocenters. The molecule has 17 heavy (non-hydrogen) atoms. The minimum Gasteiger partial charge on any atom is -0.272 e. The molecule has 2 aromatic rings. The number of H-pyrrole nitrogens is 1. The van der Waals surface area contributed by atoms with E-state index >= 15 is 0 Å². The monoisotopic (exact) mass is 287 g/mol. The minimum absolute atomic E-state index is 0.509. The second kappa shape index (κ2) is 5.21. The summed E-state index contributed by atoms with van der Waals surface area (Å²) in [6.45, 7) is 2.09. The smallest absolute Gasteiger partial charge is 0.199 e. The Hall–Kier alpha value is -0.840. The summed E-state index contributed by atoms with van der Waals surface area (Å²) in [7, 11) is 0. The van der Waals surface area contributed by atoms with Crippen molar-refractivity contribution in [1.29, 1.82) is 0 Å². The van der Waals surface area contributed by atoms with Crippen LogP contribution in [0.3, 0.4) is 0 Å². The predicted molar refractivity (Wildman–Crippen MR) is 72.8 cm³/mol. The zero-order valence-electron chi connectivity index (χ0n) is 9.20. The highest BCUT2D eigenvalue weighted by molar-refractivity contribution is 7.71. The van der Waals surface area contributed by atoms with Crippen molar-refractivity contribution in [3.8, 4) is 5.69 Å². The Balaban J connectivity index is 2.55. The van der Waals surface area contributed by atoms with Crippen molar-refractivity contribution < 1.29 is 0 Å². The van der Waals surface area contributed by atoms with Crippen molar-refractivity contribution in [2.75, 3.05) is 0 Å². The van der Waals surface area contributed by atoms with Crippen molar-refractivity contribution in [1.82, 2.24) is 14.8 Å². The maximum atomic E-state index is 6.00. The second-order valence-electron chi connectivity index (χ2n) is 3.63. The average Bonchev–Trinajstić information content (AvgIpc) is 2.65. The Morgan fingerprint density at radius 2 is 2.12 bits per heavy atom. The molecule has 1 aromatic heterocycles. The average molecular weight is 288 g/mol. The van der Waals surface area contributed by atoms with Gasteiger partial charge in [0.05, 0.1) is 15.7 Å². The second-order valence-corrected chi connectivity index (χ2v) is 4.83. The molecule has 0 saturated carbocycles. The quantitative estimate of drug-likeness (QED) is 0.859. The van der Waals surface area contributed by atoms with Crippen molar-refractivity contribution in [2.45, 2.75) is 19.8 Å². The highest BCUT2D eigenvalue weighted by Crippen LogP contribution is 2.25. The van der Waals surface area contributed by atoms with Gasteiger partial charge >= 0.3 is 0 Å². The zero-order valence-corrected chi connectivity index (χ0v) is 11.5. The molecule has 2 rings (SSSR count). The predicted octanol–water partition coefficient (Wildman–Crippen LogP) is 4.19. The molecule has 0 radical (unpaired) electrons. The number of hydrogen-bond acceptors (Lipinski definition) is 2. The van der Waals surface area contributed by atoms with Gasteiger partial charge in [-0.25, -0.2) is 0 Å². The van der Waals surface area contributed by atoms with E-state index < -0.39 is 0 Å². The lowest BCUT2D eigenvalue weighted by Crippen LogP contribution is -2.01. The van der Waals surface area contributed by atoms with Gasteiger partial charge in [-0.15, -0.1) is 0 Å². The Bertz CT molecular complexity index is 589. The molecule has 0 aliphatic carbocycles. The summed E-state index contributed by atoms with van der Waals surface area (Å²) in [6.07, 6.45) is 1.86. The van der Waals surface area contributed by atoms with Crippen LogP contribution in [-0.2, 0) is 6.42 Å². The van der Waals surface area contributed by atoms with Gasteiger partial charge in [0.25, 0.3) is 0 Å². The first-order valence-corrected chi connectivity index (χ1v) is 6.41. The summed E-state index contributed by atoms with van der Waals surface area (Å²) in [5.41, 5.74) is 0.876. The van der Waals surface area contributed by atoms with E-state index in [1.54, 1.807) is 12.1 Å². The van der Waals surface area contributed by atoms with Crippen LogP contribution in [0.25, 0.3) is 5.69 Å². The lowest BCUT2D eigenvalue weighted by Gasteiger charge is -2.07. The van der Waals surface area contributed by atoms with Gasteiger partial charge in [0.15, 0.2) is 4.77 Å². The first-order chi connectivity index (χ1) is 8.13. The number of hydrogen-bond donors (Lipinski definition) is 1. The molecule has 3 nitrogen and oxygen atoms in total. The van der Waals surface area contributed by atoms with Crippen molar-refractivity contribution >= 4 is 35.4 Å². The molecule has 0 bridgehead atoms. The SMILES string of the molecule is CCCc1n[nH]c(=S)n1-c1ccc(Cl)c(Cl)c1. The summed E-state index contributed by atoms with van der Waals surface area (Å²) >= 11 is 17.1. The topological polar surface area (TPSA) is 33.6 Å². The molecular formula is C11H11Cl2N3S. The van der Waals surface area contributed by atoms with Gasteiger partial charge in [-0.05, 0) is 36.8 Å². The van der Waals surface area contributed by atoms with E-state index in [0.29, 0.717) is 14.8 Å². The lowest BCUT2D eigenvalue weighted by molar-refractivity contribution is 0.801. The van der Waals surface area contributed by atoms with E-state index in [2.05, 4.69) is 17.1 Å². The third-order valence-corrected chi connectivity index (χ3v) is 3.39. The highest BCUT2D eigenvalue weighted by atomic mass is 35.5. The number of nitrogens with zero attached hydrogens (tertiary/aromatic N) is 2. The van der Waals surface area contributed by atoms with E-state index in [1.165, 1.54) is 0 Å². The normalized spacial score (nSPS) is 10.8. The first-order valence-electron chi connectivity index (χ1n) is 5.25. The molecule has 0 amide bonds. The first kappa shape index (κ1) is 12.6. The molecule has 0 unspecified atom stereocenters. The molecule has 1 N–H and O–H groups in total. The van der Waals surface area contributed by atoms with E-state index in [0.717, 1.165) is 24.4 Å². The van der Waals surface area contributed by atoms with E-state index in [4.69, 9.17) is 35.4 Å². The molecule has 0 spiro atoms. The molecule has 6 heteroatoms. The summed E-state index contributed by atoms with van der Waals surface area (Å²) in [4.78, 5) is 0. The zero-order chi connectivity index (χ0) is 12.4. The van der Waals surface area contributed by atoms with Crippen LogP contribution >= 0.6 is 35.4 Å². The summed E-state index contributed by atoms with van der Waals surface area (Å²) in [6, 6.07) is 5.41. The molecular weight excluding hydrogens is 277 g/mol. The fourth-order valence-corrected chi connectivity index (χ4v) is 2.16. The van der Waals surface area contributed by atoms with E-state index in [9.17, 15) is 0 Å². The largest absolute Gasteiger partial charge is 0.272 e. The standard InChI is InChI=1S/C11H11Cl2N3S/c1-2-3-10-14-15-11(17)16(10)7-4-5-8(12)9(13)6-7/h4-6H,2-3H2,1H3,(H,15,17). The fraction of sp³-hybridized carbons (Fsp3) is 0.273. The van der Waals surface area contributed by atoms with Crippen LogP contribution in [0.1, 0.15) is 19.2 Å². The van der Waals surface area contributed by atoms with Crippen LogP contribution in [0.2, 0.25) is 10.0 Å². The maximum Gasteiger partial charge on any atom is 0.199 e. The Morgan fingerprint density at radius 1 is 1.35 bits per heavy atom. The van der Waals surface area contributed by atoms with Crippen LogP contribution in [-0.4, -0.2) is 14.8 Å². The number of benzene rings is 1. The summed E-state index contributed by atoms with van der Waals surface area (Å²) < 4.78 is 2.44. The molecule has 90 valence electrons. The van der Waals surface area contributed by atoms with Gasteiger partial charge in [0, 0.05) is 6.42 Å². The van der Waals surface area contributed by atoms with Crippen molar-refractivity contribution in [3.05, 3.63) is 38.8 Å². The molecule has 1 aromatic carbocycles. The van der Waals surface area contributed by atoms with Gasteiger partial charge in [0.1, 0.15) is 5.82 Å². The Morgan fingerprint density at radius 3 is 2.76 bits per heavy atom. The van der Waals surface area contributed by atoms with Gasteiger partial charge in [-0.1, -0.05) is 30.1 Å². The van der Waals surface area contributed by atoms with Gasteiger partial charge in [0.2, 0.25) is 0 Å². The maximum absolute atomic E-state index is 6.00. The molecule has 1 heterocycles. The number of aryl methyl sites for hydroxylation is 1. The third-order valence-electron chi connectivity index (χ3n) is 2.38. The summed E-state index contributed by atoms with van der Waals surface area (Å²) in [5.74, 6) is 0.899. The van der Waals surface area contributed by atoms with E-state index in [-0.39, 0.29) is 0 Å². The van der Waals surface area contributed by atoms with Crippen molar-refractivity contribution in [2.24, 2.45) is 0 Å². The van der Waals surface area contributed by atoms with Crippen LogP contribution < -0.4 is 0 Å². The number of nitrogens with one attached hydrogen (secondary N) is 1. The number of halogens is 2. The third kappa shape index (κ3) is 2.54. The molecule has 0 saturated heterocycles. The van der Waals surface area contributed by atoms with Crippen LogP contribution in [0, 0.1) is 4.77 Å².